The molecule has 1 saturated heterocycles. The highest BCUT2D eigenvalue weighted by molar-refractivity contribution is 5.85. The van der Waals surface area contributed by atoms with Crippen LogP contribution in [0.4, 0.5) is 4.79 Å². The summed E-state index contributed by atoms with van der Waals surface area (Å²) in [5.41, 5.74) is 0.337. The number of hydrogen-bond donors (Lipinski definition) is 2. The number of nitrogens with one attached hydrogen (secondary N) is 1. The zero-order chi connectivity index (χ0) is 14.0. The van der Waals surface area contributed by atoms with Crippen LogP contribution < -0.4 is 10.1 Å². The molecule has 1 aliphatic rings. The summed E-state index contributed by atoms with van der Waals surface area (Å²) >= 11 is 0. The molecule has 2 N–H and O–H groups in total. The van der Waals surface area contributed by atoms with Crippen molar-refractivity contribution in [3.63, 3.8) is 0 Å². The van der Waals surface area contributed by atoms with Crippen molar-refractivity contribution in [1.29, 1.82) is 0 Å². The highest BCUT2D eigenvalue weighted by atomic mass is 35.5. The lowest BCUT2D eigenvalue weighted by molar-refractivity contribution is 0.0380. The maximum Gasteiger partial charge on any atom is 0.407 e. The van der Waals surface area contributed by atoms with E-state index in [1.807, 2.05) is 20.8 Å². The summed E-state index contributed by atoms with van der Waals surface area (Å²) < 4.78 is 10.4. The Labute approximate surface area is 124 Å². The van der Waals surface area contributed by atoms with Crippen LogP contribution in [0, 0.1) is 5.41 Å². The van der Waals surface area contributed by atoms with Gasteiger partial charge in [0.25, 0.3) is 0 Å². The fraction of sp³-hybridized carbons (Fsp3) is 0.500. The van der Waals surface area contributed by atoms with Gasteiger partial charge in [0.2, 0.25) is 0 Å². The van der Waals surface area contributed by atoms with Gasteiger partial charge < -0.3 is 19.9 Å². The molecule has 1 aromatic rings. The quantitative estimate of drug-likeness (QED) is 0.900. The van der Waals surface area contributed by atoms with Gasteiger partial charge in [0, 0.05) is 11.0 Å². The third-order valence-corrected chi connectivity index (χ3v) is 3.26. The van der Waals surface area contributed by atoms with E-state index in [0.29, 0.717) is 24.5 Å². The van der Waals surface area contributed by atoms with Gasteiger partial charge in [0.15, 0.2) is 11.5 Å². The predicted octanol–water partition coefficient (Wildman–Crippen LogP) is 3.02. The lowest BCUT2D eigenvalue weighted by Gasteiger charge is -2.38. The maximum absolute atomic E-state index is 11.4. The van der Waals surface area contributed by atoms with E-state index in [0.717, 1.165) is 0 Å². The first kappa shape index (κ1) is 16.4. The SMILES string of the molecule is CCOc1cccc([C@H]2NC(=O)OCC2(C)C)c1O.Cl. The van der Waals surface area contributed by atoms with Crippen molar-refractivity contribution in [3.8, 4) is 11.5 Å². The second-order valence-corrected chi connectivity index (χ2v) is 5.27. The van der Waals surface area contributed by atoms with E-state index >= 15 is 0 Å². The summed E-state index contributed by atoms with van der Waals surface area (Å²) in [6, 6.07) is 4.98. The van der Waals surface area contributed by atoms with Crippen LogP contribution in [-0.4, -0.2) is 24.4 Å². The minimum absolute atomic E-state index is 0. The zero-order valence-electron chi connectivity index (χ0n) is 11.8. The van der Waals surface area contributed by atoms with Crippen LogP contribution in [0.5, 0.6) is 11.5 Å². The summed E-state index contributed by atoms with van der Waals surface area (Å²) in [5, 5.41) is 13.0. The summed E-state index contributed by atoms with van der Waals surface area (Å²) in [7, 11) is 0. The molecule has 6 heteroatoms. The number of hydrogen-bond acceptors (Lipinski definition) is 4. The van der Waals surface area contributed by atoms with Gasteiger partial charge in [0.1, 0.15) is 6.61 Å². The van der Waals surface area contributed by atoms with Crippen LogP contribution in [0.15, 0.2) is 18.2 Å². The van der Waals surface area contributed by atoms with E-state index in [9.17, 15) is 9.90 Å². The number of alkyl carbamates (subject to hydrolysis) is 1. The summed E-state index contributed by atoms with van der Waals surface area (Å²) in [6.07, 6.45) is -0.467. The number of carbonyl (C=O) groups excluding carboxylic acids is 1. The molecule has 1 aliphatic heterocycles. The summed E-state index contributed by atoms with van der Waals surface area (Å²) in [6.45, 7) is 6.59. The van der Waals surface area contributed by atoms with Crippen LogP contribution in [0.2, 0.25) is 0 Å². The van der Waals surface area contributed by atoms with Crippen LogP contribution >= 0.6 is 12.4 Å². The third-order valence-electron chi connectivity index (χ3n) is 3.26. The molecule has 20 heavy (non-hydrogen) atoms. The van der Waals surface area contributed by atoms with Gasteiger partial charge in [-0.1, -0.05) is 26.0 Å². The van der Waals surface area contributed by atoms with Gasteiger partial charge in [0.05, 0.1) is 12.6 Å². The van der Waals surface area contributed by atoms with Crippen molar-refractivity contribution < 1.29 is 19.4 Å². The molecule has 1 amide bonds. The highest BCUT2D eigenvalue weighted by Gasteiger charge is 2.39. The normalized spacial score (nSPS) is 20.4. The molecule has 0 saturated carbocycles. The number of amides is 1. The molecule has 1 heterocycles. The monoisotopic (exact) mass is 301 g/mol. The Morgan fingerprint density at radius 1 is 1.50 bits per heavy atom. The van der Waals surface area contributed by atoms with Gasteiger partial charge >= 0.3 is 6.09 Å². The molecule has 1 fully saturated rings. The molecule has 2 rings (SSSR count). The molecular formula is C14H20ClNO4. The van der Waals surface area contributed by atoms with Crippen molar-refractivity contribution in [2.75, 3.05) is 13.2 Å². The molecule has 0 unspecified atom stereocenters. The molecule has 0 radical (unpaired) electrons. The molecule has 1 atom stereocenters. The average Bonchev–Trinajstić information content (AvgIpc) is 2.36. The number of phenolic OH excluding ortho intramolecular Hbond substituents is 1. The Bertz CT molecular complexity index is 490. The number of halogens is 1. The van der Waals surface area contributed by atoms with Crippen molar-refractivity contribution in [2.24, 2.45) is 5.41 Å². The first-order chi connectivity index (χ1) is 8.95. The van der Waals surface area contributed by atoms with Gasteiger partial charge in [-0.05, 0) is 13.0 Å². The lowest BCUT2D eigenvalue weighted by atomic mass is 9.80. The van der Waals surface area contributed by atoms with Crippen molar-refractivity contribution in [1.82, 2.24) is 5.32 Å². The van der Waals surface area contributed by atoms with Gasteiger partial charge in [-0.15, -0.1) is 12.4 Å². The second kappa shape index (κ2) is 6.22. The number of benzene rings is 1. The molecule has 112 valence electrons. The number of aromatic hydroxyl groups is 1. The lowest BCUT2D eigenvalue weighted by Crippen LogP contribution is -2.46. The van der Waals surface area contributed by atoms with E-state index in [2.05, 4.69) is 5.32 Å². The zero-order valence-corrected chi connectivity index (χ0v) is 12.6. The Morgan fingerprint density at radius 2 is 2.20 bits per heavy atom. The predicted molar refractivity (Wildman–Crippen MR) is 77.5 cm³/mol. The molecule has 0 aliphatic carbocycles. The minimum Gasteiger partial charge on any atom is -0.504 e. The number of phenols is 1. The van der Waals surface area contributed by atoms with E-state index in [-0.39, 0.29) is 29.6 Å². The number of carbonyl (C=O) groups is 1. The molecule has 0 spiro atoms. The van der Waals surface area contributed by atoms with Gasteiger partial charge in [-0.2, -0.15) is 0 Å². The van der Waals surface area contributed by atoms with Crippen molar-refractivity contribution in [3.05, 3.63) is 23.8 Å². The van der Waals surface area contributed by atoms with Crippen LogP contribution in [0.1, 0.15) is 32.4 Å². The number of para-hydroxylation sites is 1. The minimum atomic E-state index is -0.467. The van der Waals surface area contributed by atoms with E-state index in [4.69, 9.17) is 9.47 Å². The van der Waals surface area contributed by atoms with Crippen LogP contribution in [0.25, 0.3) is 0 Å². The smallest absolute Gasteiger partial charge is 0.407 e. The first-order valence-corrected chi connectivity index (χ1v) is 6.33. The van der Waals surface area contributed by atoms with Crippen molar-refractivity contribution >= 4 is 18.5 Å². The molecule has 5 nitrogen and oxygen atoms in total. The Hall–Kier alpha value is -1.62. The standard InChI is InChI=1S/C14H19NO4.ClH/c1-4-18-10-7-5-6-9(11(10)16)12-14(2,3)8-19-13(17)15-12;/h5-7,12,16H,4,8H2,1-3H3,(H,15,17);1H/t12-;/m1./s1. The molecular weight excluding hydrogens is 282 g/mol. The second-order valence-electron chi connectivity index (χ2n) is 5.27. The Morgan fingerprint density at radius 3 is 2.85 bits per heavy atom. The van der Waals surface area contributed by atoms with E-state index in [1.54, 1.807) is 18.2 Å². The average molecular weight is 302 g/mol. The summed E-state index contributed by atoms with van der Waals surface area (Å²) in [4.78, 5) is 11.4. The fourth-order valence-electron chi connectivity index (χ4n) is 2.23. The Kier molecular flexibility index (Phi) is 5.11. The van der Waals surface area contributed by atoms with Gasteiger partial charge in [-0.3, -0.25) is 0 Å². The molecule has 0 bridgehead atoms. The highest BCUT2D eigenvalue weighted by Crippen LogP contribution is 2.42. The van der Waals surface area contributed by atoms with Crippen LogP contribution in [-0.2, 0) is 4.74 Å². The fourth-order valence-corrected chi connectivity index (χ4v) is 2.23. The topological polar surface area (TPSA) is 67.8 Å². The number of ether oxygens (including phenoxy) is 2. The van der Waals surface area contributed by atoms with Crippen LogP contribution in [0.3, 0.4) is 0 Å². The molecule has 0 aromatic heterocycles. The van der Waals surface area contributed by atoms with E-state index in [1.165, 1.54) is 0 Å². The van der Waals surface area contributed by atoms with E-state index < -0.39 is 6.09 Å². The third kappa shape index (κ3) is 3.10. The summed E-state index contributed by atoms with van der Waals surface area (Å²) in [5.74, 6) is 0.501. The largest absolute Gasteiger partial charge is 0.504 e. The van der Waals surface area contributed by atoms with Gasteiger partial charge in [-0.25, -0.2) is 4.79 Å². The number of rotatable bonds is 3. The maximum atomic E-state index is 11.4. The van der Waals surface area contributed by atoms with Crippen molar-refractivity contribution in [2.45, 2.75) is 26.8 Å². The first-order valence-electron chi connectivity index (χ1n) is 6.33. The molecule has 1 aromatic carbocycles. The Balaban J connectivity index is 0.00000200. The number of cyclic esters (lactones) is 1.